The first kappa shape index (κ1) is 21.9. The second-order valence-corrected chi connectivity index (χ2v) is 6.78. The van der Waals surface area contributed by atoms with Gasteiger partial charge in [0.2, 0.25) is 0 Å². The maximum atomic E-state index is 12.6. The summed E-state index contributed by atoms with van der Waals surface area (Å²) in [5.41, 5.74) is 1.54. The highest BCUT2D eigenvalue weighted by atomic mass is 16.5. The molecule has 0 spiro atoms. The fourth-order valence-electron chi connectivity index (χ4n) is 3.09. The number of nitrogens with zero attached hydrogens (tertiary/aromatic N) is 2. The van der Waals surface area contributed by atoms with E-state index >= 15 is 0 Å². The lowest BCUT2D eigenvalue weighted by atomic mass is 10.1. The summed E-state index contributed by atoms with van der Waals surface area (Å²) in [5.74, 6) is -0.448. The molecule has 2 aromatic carbocycles. The molecule has 0 aromatic heterocycles. The zero-order valence-electron chi connectivity index (χ0n) is 17.0. The first-order chi connectivity index (χ1) is 15.0. The van der Waals surface area contributed by atoms with Gasteiger partial charge >= 0.3 is 5.97 Å². The van der Waals surface area contributed by atoms with Crippen molar-refractivity contribution in [3.05, 3.63) is 64.7 Å². The van der Waals surface area contributed by atoms with Crippen molar-refractivity contribution in [1.29, 1.82) is 5.26 Å². The van der Waals surface area contributed by atoms with Crippen LogP contribution in [0.15, 0.2) is 48.0 Å². The van der Waals surface area contributed by atoms with Crippen LogP contribution in [0, 0.1) is 11.3 Å². The molecule has 0 atom stereocenters. The molecule has 8 heteroatoms. The first-order valence-electron chi connectivity index (χ1n) is 9.63. The van der Waals surface area contributed by atoms with Crippen LogP contribution in [-0.4, -0.2) is 55.3 Å². The van der Waals surface area contributed by atoms with E-state index in [0.29, 0.717) is 48.9 Å². The number of methoxy groups -OCH3 is 1. The second kappa shape index (κ2) is 10.3. The molecular weight excluding hydrogens is 400 g/mol. The van der Waals surface area contributed by atoms with Gasteiger partial charge in [-0.3, -0.25) is 4.79 Å². The largest absolute Gasteiger partial charge is 0.493 e. The third kappa shape index (κ3) is 5.62. The monoisotopic (exact) mass is 422 g/mol. The predicted octanol–water partition coefficient (Wildman–Crippen LogP) is 2.74. The molecule has 1 aliphatic heterocycles. The quantitative estimate of drug-likeness (QED) is 0.540. The second-order valence-electron chi connectivity index (χ2n) is 6.78. The van der Waals surface area contributed by atoms with Crippen LogP contribution in [0.2, 0.25) is 0 Å². The molecule has 0 unspecified atom stereocenters. The van der Waals surface area contributed by atoms with Gasteiger partial charge in [-0.1, -0.05) is 18.2 Å². The Morgan fingerprint density at radius 3 is 2.65 bits per heavy atom. The third-order valence-electron chi connectivity index (χ3n) is 4.72. The van der Waals surface area contributed by atoms with Gasteiger partial charge in [-0.2, -0.15) is 5.26 Å². The van der Waals surface area contributed by atoms with Crippen molar-refractivity contribution in [3.8, 4) is 17.6 Å². The van der Waals surface area contributed by atoms with Crippen molar-refractivity contribution in [3.63, 3.8) is 0 Å². The summed E-state index contributed by atoms with van der Waals surface area (Å²) < 4.78 is 16.4. The van der Waals surface area contributed by atoms with Gasteiger partial charge in [0.25, 0.3) is 5.91 Å². The fourth-order valence-corrected chi connectivity index (χ4v) is 3.09. The zero-order chi connectivity index (χ0) is 22.2. The maximum absolute atomic E-state index is 12.6. The summed E-state index contributed by atoms with van der Waals surface area (Å²) in [5, 5.41) is 18.5. The van der Waals surface area contributed by atoms with Crippen LogP contribution in [0.25, 0.3) is 6.08 Å². The highest BCUT2D eigenvalue weighted by molar-refractivity contribution is 6.01. The summed E-state index contributed by atoms with van der Waals surface area (Å²) in [6, 6.07) is 13.5. The van der Waals surface area contributed by atoms with Crippen molar-refractivity contribution in [2.45, 2.75) is 6.61 Å². The highest BCUT2D eigenvalue weighted by Crippen LogP contribution is 2.30. The molecule has 0 radical (unpaired) electrons. The molecule has 1 saturated heterocycles. The van der Waals surface area contributed by atoms with E-state index in [1.165, 1.54) is 19.3 Å². The third-order valence-corrected chi connectivity index (χ3v) is 4.72. The molecule has 160 valence electrons. The number of carbonyl (C=O) groups is 2. The van der Waals surface area contributed by atoms with E-state index in [4.69, 9.17) is 19.3 Å². The Balaban J connectivity index is 1.75. The summed E-state index contributed by atoms with van der Waals surface area (Å²) >= 11 is 0. The van der Waals surface area contributed by atoms with Gasteiger partial charge in [0, 0.05) is 13.1 Å². The Morgan fingerprint density at radius 2 is 1.97 bits per heavy atom. The number of hydrogen-bond donors (Lipinski definition) is 1. The van der Waals surface area contributed by atoms with Crippen molar-refractivity contribution in [1.82, 2.24) is 4.90 Å². The molecule has 2 aromatic rings. The summed E-state index contributed by atoms with van der Waals surface area (Å²) in [6.07, 6.45) is 1.51. The molecule has 8 nitrogen and oxygen atoms in total. The molecule has 0 bridgehead atoms. The van der Waals surface area contributed by atoms with Crippen molar-refractivity contribution in [2.24, 2.45) is 0 Å². The van der Waals surface area contributed by atoms with Gasteiger partial charge in [0.15, 0.2) is 11.5 Å². The van der Waals surface area contributed by atoms with E-state index in [9.17, 15) is 14.9 Å². The number of carboxylic acid groups (broad SMARTS) is 1. The highest BCUT2D eigenvalue weighted by Gasteiger charge is 2.20. The molecular formula is C23H22N2O6. The normalized spacial score (nSPS) is 13.9. The van der Waals surface area contributed by atoms with Crippen LogP contribution < -0.4 is 9.47 Å². The maximum Gasteiger partial charge on any atom is 0.335 e. The molecule has 1 amide bonds. The van der Waals surface area contributed by atoms with Crippen molar-refractivity contribution in [2.75, 3.05) is 33.4 Å². The Kier molecular flexibility index (Phi) is 7.25. The predicted molar refractivity (Wildman–Crippen MR) is 112 cm³/mol. The van der Waals surface area contributed by atoms with Gasteiger partial charge in [-0.05, 0) is 41.5 Å². The van der Waals surface area contributed by atoms with Gasteiger partial charge in [0.05, 0.1) is 25.9 Å². The Hall–Kier alpha value is -3.83. The van der Waals surface area contributed by atoms with Crippen LogP contribution in [-0.2, 0) is 16.1 Å². The number of aromatic carboxylic acids is 1. The van der Waals surface area contributed by atoms with E-state index in [-0.39, 0.29) is 23.7 Å². The van der Waals surface area contributed by atoms with E-state index in [1.54, 1.807) is 41.3 Å². The average Bonchev–Trinajstić information content (AvgIpc) is 2.81. The Bertz CT molecular complexity index is 1030. The number of carboxylic acids is 1. The standard InChI is InChI=1S/C23H22N2O6/c1-29-21-13-16(11-19(14-24)22(26)25-7-9-30-10-8-25)5-6-20(21)31-15-17-3-2-4-18(12-17)23(27)28/h2-6,11-13H,7-10,15H2,1H3,(H,27,28)/b19-11-. The molecule has 0 saturated carbocycles. The molecule has 0 aliphatic carbocycles. The molecule has 1 fully saturated rings. The zero-order valence-corrected chi connectivity index (χ0v) is 17.0. The van der Waals surface area contributed by atoms with Gasteiger partial charge in [-0.15, -0.1) is 0 Å². The number of nitriles is 1. The number of hydrogen-bond acceptors (Lipinski definition) is 6. The van der Waals surface area contributed by atoms with Crippen LogP contribution >= 0.6 is 0 Å². The van der Waals surface area contributed by atoms with Crippen LogP contribution in [0.4, 0.5) is 0 Å². The van der Waals surface area contributed by atoms with E-state index in [2.05, 4.69) is 0 Å². The number of amides is 1. The van der Waals surface area contributed by atoms with E-state index in [1.807, 2.05) is 6.07 Å². The topological polar surface area (TPSA) is 109 Å². The minimum Gasteiger partial charge on any atom is -0.493 e. The average molecular weight is 422 g/mol. The lowest BCUT2D eigenvalue weighted by Gasteiger charge is -2.26. The van der Waals surface area contributed by atoms with Gasteiger partial charge in [-0.25, -0.2) is 4.79 Å². The summed E-state index contributed by atoms with van der Waals surface area (Å²) in [6.45, 7) is 1.99. The number of rotatable bonds is 7. The number of carbonyl (C=O) groups excluding carboxylic acids is 1. The van der Waals surface area contributed by atoms with Crippen LogP contribution in [0.5, 0.6) is 11.5 Å². The Labute approximate surface area is 179 Å². The molecule has 31 heavy (non-hydrogen) atoms. The van der Waals surface area contributed by atoms with Crippen LogP contribution in [0.3, 0.4) is 0 Å². The minimum atomic E-state index is -1.00. The molecule has 1 heterocycles. The lowest BCUT2D eigenvalue weighted by Crippen LogP contribution is -2.41. The lowest BCUT2D eigenvalue weighted by molar-refractivity contribution is -0.130. The minimum absolute atomic E-state index is 0.0307. The Morgan fingerprint density at radius 1 is 1.19 bits per heavy atom. The first-order valence-corrected chi connectivity index (χ1v) is 9.63. The summed E-state index contributed by atoms with van der Waals surface area (Å²) in [7, 11) is 1.49. The number of morpholine rings is 1. The van der Waals surface area contributed by atoms with Crippen molar-refractivity contribution < 1.29 is 28.9 Å². The van der Waals surface area contributed by atoms with Gasteiger partial charge < -0.3 is 24.2 Å². The summed E-state index contributed by atoms with van der Waals surface area (Å²) in [4.78, 5) is 25.3. The van der Waals surface area contributed by atoms with Gasteiger partial charge in [0.1, 0.15) is 18.2 Å². The smallest absolute Gasteiger partial charge is 0.335 e. The van der Waals surface area contributed by atoms with Crippen molar-refractivity contribution >= 4 is 18.0 Å². The number of ether oxygens (including phenoxy) is 3. The number of benzene rings is 2. The molecule has 1 N–H and O–H groups in total. The van der Waals surface area contributed by atoms with E-state index < -0.39 is 5.97 Å². The van der Waals surface area contributed by atoms with Crippen LogP contribution in [0.1, 0.15) is 21.5 Å². The molecule has 1 aliphatic rings. The SMILES string of the molecule is COc1cc(/C=C(/C#N)C(=O)N2CCOCC2)ccc1OCc1cccc(C(=O)O)c1. The molecule has 3 rings (SSSR count). The van der Waals surface area contributed by atoms with E-state index in [0.717, 1.165) is 0 Å². The fraction of sp³-hybridized carbons (Fsp3) is 0.261.